The van der Waals surface area contributed by atoms with Crippen LogP contribution in [0, 0.1) is 5.92 Å². The molecule has 0 amide bonds. The van der Waals surface area contributed by atoms with E-state index in [1.165, 1.54) is 12.8 Å². The first-order valence-electron chi connectivity index (χ1n) is 7.28. The monoisotopic (exact) mass is 295 g/mol. The van der Waals surface area contributed by atoms with E-state index in [2.05, 4.69) is 11.8 Å². The van der Waals surface area contributed by atoms with E-state index >= 15 is 0 Å². The fourth-order valence-corrected chi connectivity index (χ4v) is 2.89. The van der Waals surface area contributed by atoms with Crippen LogP contribution in [0.25, 0.3) is 0 Å². The zero-order valence-corrected chi connectivity index (χ0v) is 12.9. The van der Waals surface area contributed by atoms with Gasteiger partial charge in [0.05, 0.1) is 18.7 Å². The van der Waals surface area contributed by atoms with Crippen LogP contribution in [-0.4, -0.2) is 36.9 Å². The molecule has 1 aromatic carbocycles. The largest absolute Gasteiger partial charge is 0.493 e. The number of piperidine rings is 1. The molecule has 0 bridgehead atoms. The third-order valence-corrected chi connectivity index (χ3v) is 3.89. The fraction of sp³-hybridized carbons (Fsp3) is 0.562. The van der Waals surface area contributed by atoms with Gasteiger partial charge in [-0.25, -0.2) is 0 Å². The molecule has 0 radical (unpaired) electrons. The lowest BCUT2D eigenvalue weighted by Crippen LogP contribution is -2.38. The molecule has 0 spiro atoms. The van der Waals surface area contributed by atoms with Crippen LogP contribution in [0.1, 0.15) is 37.0 Å². The van der Waals surface area contributed by atoms with E-state index in [4.69, 9.17) is 16.3 Å². The number of hydrogen-bond donors (Lipinski definition) is 0. The number of rotatable bonds is 5. The molecule has 1 saturated heterocycles. The standard InChI is InChI=1S/C16H22ClNO2/c1-3-20-16-7-6-13(17)9-14(16)15(19)11-18-8-4-5-12(2)10-18/h6-7,9,12H,3-5,8,10-11H2,1-2H3. The molecule has 1 aliphatic rings. The summed E-state index contributed by atoms with van der Waals surface area (Å²) in [7, 11) is 0. The van der Waals surface area contributed by atoms with Crippen molar-refractivity contribution in [3.05, 3.63) is 28.8 Å². The number of benzene rings is 1. The molecule has 0 N–H and O–H groups in total. The molecule has 1 atom stereocenters. The average molecular weight is 296 g/mol. The van der Waals surface area contributed by atoms with Gasteiger partial charge in [-0.2, -0.15) is 0 Å². The Kier molecular flexibility index (Phi) is 5.44. The first-order chi connectivity index (χ1) is 9.60. The predicted molar refractivity (Wildman–Crippen MR) is 81.8 cm³/mol. The van der Waals surface area contributed by atoms with Crippen LogP contribution < -0.4 is 4.74 Å². The quantitative estimate of drug-likeness (QED) is 0.777. The van der Waals surface area contributed by atoms with Crippen molar-refractivity contribution < 1.29 is 9.53 Å². The minimum Gasteiger partial charge on any atom is -0.493 e. The Morgan fingerprint density at radius 3 is 3.00 bits per heavy atom. The molecule has 1 unspecified atom stereocenters. The van der Waals surface area contributed by atoms with Crippen LogP contribution in [0.4, 0.5) is 0 Å². The number of likely N-dealkylation sites (tertiary alicyclic amines) is 1. The molecular weight excluding hydrogens is 274 g/mol. The van der Waals surface area contributed by atoms with E-state index in [9.17, 15) is 4.79 Å². The summed E-state index contributed by atoms with van der Waals surface area (Å²) in [5.41, 5.74) is 0.595. The summed E-state index contributed by atoms with van der Waals surface area (Å²) in [6.07, 6.45) is 2.42. The zero-order chi connectivity index (χ0) is 14.5. The van der Waals surface area contributed by atoms with Crippen molar-refractivity contribution in [1.29, 1.82) is 0 Å². The number of hydrogen-bond acceptors (Lipinski definition) is 3. The Balaban J connectivity index is 2.09. The Labute approximate surface area is 125 Å². The summed E-state index contributed by atoms with van der Waals surface area (Å²) in [6, 6.07) is 5.24. The van der Waals surface area contributed by atoms with Crippen molar-refractivity contribution in [3.63, 3.8) is 0 Å². The van der Waals surface area contributed by atoms with Gasteiger partial charge in [-0.15, -0.1) is 0 Å². The van der Waals surface area contributed by atoms with Gasteiger partial charge in [0, 0.05) is 11.6 Å². The van der Waals surface area contributed by atoms with Crippen LogP contribution in [0.5, 0.6) is 5.75 Å². The molecule has 110 valence electrons. The van der Waals surface area contributed by atoms with Crippen LogP contribution in [0.3, 0.4) is 0 Å². The minimum absolute atomic E-state index is 0.0880. The second-order valence-electron chi connectivity index (χ2n) is 5.48. The van der Waals surface area contributed by atoms with E-state index in [-0.39, 0.29) is 5.78 Å². The summed E-state index contributed by atoms with van der Waals surface area (Å²) in [4.78, 5) is 14.7. The third-order valence-electron chi connectivity index (χ3n) is 3.65. The van der Waals surface area contributed by atoms with Gasteiger partial charge in [-0.05, 0) is 50.4 Å². The molecule has 4 heteroatoms. The lowest BCUT2D eigenvalue weighted by atomic mass is 9.99. The van der Waals surface area contributed by atoms with Crippen molar-refractivity contribution in [2.45, 2.75) is 26.7 Å². The van der Waals surface area contributed by atoms with Gasteiger partial charge < -0.3 is 4.74 Å². The minimum atomic E-state index is 0.0880. The Hall–Kier alpha value is -1.06. The van der Waals surface area contributed by atoms with Gasteiger partial charge >= 0.3 is 0 Å². The number of ketones is 1. The molecule has 0 saturated carbocycles. The van der Waals surface area contributed by atoms with Crippen molar-refractivity contribution in [1.82, 2.24) is 4.90 Å². The molecule has 1 fully saturated rings. The second-order valence-corrected chi connectivity index (χ2v) is 5.92. The predicted octanol–water partition coefficient (Wildman–Crippen LogP) is 3.65. The highest BCUT2D eigenvalue weighted by molar-refractivity contribution is 6.31. The van der Waals surface area contributed by atoms with E-state index in [0.717, 1.165) is 13.1 Å². The van der Waals surface area contributed by atoms with Gasteiger partial charge in [0.25, 0.3) is 0 Å². The van der Waals surface area contributed by atoms with Gasteiger partial charge in [-0.3, -0.25) is 9.69 Å². The summed E-state index contributed by atoms with van der Waals surface area (Å²) in [6.45, 7) is 7.14. The highest BCUT2D eigenvalue weighted by Crippen LogP contribution is 2.24. The van der Waals surface area contributed by atoms with Crippen molar-refractivity contribution in [3.8, 4) is 5.75 Å². The van der Waals surface area contributed by atoms with Gasteiger partial charge in [0.2, 0.25) is 0 Å². The second kappa shape index (κ2) is 7.09. The molecular formula is C16H22ClNO2. The van der Waals surface area contributed by atoms with E-state index < -0.39 is 0 Å². The summed E-state index contributed by atoms with van der Waals surface area (Å²) < 4.78 is 5.53. The smallest absolute Gasteiger partial charge is 0.180 e. The highest BCUT2D eigenvalue weighted by Gasteiger charge is 2.21. The van der Waals surface area contributed by atoms with Crippen LogP contribution in [-0.2, 0) is 0 Å². The SMILES string of the molecule is CCOc1ccc(Cl)cc1C(=O)CN1CCCC(C)C1. The van der Waals surface area contributed by atoms with Gasteiger partial charge in [0.1, 0.15) is 5.75 Å². The van der Waals surface area contributed by atoms with E-state index in [0.29, 0.717) is 35.4 Å². The molecule has 1 heterocycles. The lowest BCUT2D eigenvalue weighted by molar-refractivity contribution is 0.0889. The third kappa shape index (κ3) is 3.97. The molecule has 1 aliphatic heterocycles. The number of halogens is 1. The van der Waals surface area contributed by atoms with Crippen molar-refractivity contribution in [2.24, 2.45) is 5.92 Å². The first kappa shape index (κ1) is 15.3. The molecule has 1 aromatic rings. The topological polar surface area (TPSA) is 29.5 Å². The van der Waals surface area contributed by atoms with Crippen LogP contribution in [0.15, 0.2) is 18.2 Å². The van der Waals surface area contributed by atoms with Crippen LogP contribution >= 0.6 is 11.6 Å². The fourth-order valence-electron chi connectivity index (χ4n) is 2.72. The van der Waals surface area contributed by atoms with Gasteiger partial charge in [-0.1, -0.05) is 18.5 Å². The number of ether oxygens (including phenoxy) is 1. The lowest BCUT2D eigenvalue weighted by Gasteiger charge is -2.30. The van der Waals surface area contributed by atoms with Crippen LogP contribution in [0.2, 0.25) is 5.02 Å². The normalized spacial score (nSPS) is 19.9. The summed E-state index contributed by atoms with van der Waals surface area (Å²) in [5.74, 6) is 1.39. The maximum absolute atomic E-state index is 12.5. The first-order valence-corrected chi connectivity index (χ1v) is 7.66. The number of carbonyl (C=O) groups is 1. The van der Waals surface area contributed by atoms with E-state index in [1.807, 2.05) is 6.92 Å². The summed E-state index contributed by atoms with van der Waals surface area (Å²) >= 11 is 6.01. The molecule has 20 heavy (non-hydrogen) atoms. The summed E-state index contributed by atoms with van der Waals surface area (Å²) in [5, 5.41) is 0.573. The Morgan fingerprint density at radius 2 is 2.30 bits per heavy atom. The average Bonchev–Trinajstić information content (AvgIpc) is 2.41. The highest BCUT2D eigenvalue weighted by atomic mass is 35.5. The Morgan fingerprint density at radius 1 is 1.50 bits per heavy atom. The van der Waals surface area contributed by atoms with Crippen molar-refractivity contribution >= 4 is 17.4 Å². The molecule has 0 aliphatic carbocycles. The van der Waals surface area contributed by atoms with E-state index in [1.54, 1.807) is 18.2 Å². The number of nitrogens with zero attached hydrogens (tertiary/aromatic N) is 1. The number of carbonyl (C=O) groups excluding carboxylic acids is 1. The molecule has 3 nitrogen and oxygen atoms in total. The Bertz CT molecular complexity index is 476. The maximum atomic E-state index is 12.5. The molecule has 2 rings (SSSR count). The zero-order valence-electron chi connectivity index (χ0n) is 12.2. The maximum Gasteiger partial charge on any atom is 0.180 e. The molecule has 0 aromatic heterocycles. The van der Waals surface area contributed by atoms with Gasteiger partial charge in [0.15, 0.2) is 5.78 Å². The van der Waals surface area contributed by atoms with Crippen molar-refractivity contribution in [2.75, 3.05) is 26.2 Å². The number of Topliss-reactive ketones (excluding diaryl/α,β-unsaturated/α-hetero) is 1.